The zero-order valence-corrected chi connectivity index (χ0v) is 15.1. The van der Waals surface area contributed by atoms with Crippen molar-refractivity contribution < 1.29 is 4.79 Å². The first-order chi connectivity index (χ1) is 12.7. The highest BCUT2D eigenvalue weighted by Gasteiger charge is 2.15. The van der Waals surface area contributed by atoms with Crippen molar-refractivity contribution in [1.82, 2.24) is 14.3 Å². The molecule has 0 atom stereocenters. The number of fused-ring (bicyclic) bond motifs is 1. The average Bonchev–Trinajstić information content (AvgIpc) is 3.26. The number of likely N-dealkylation sites (tertiary alicyclic amines) is 1. The van der Waals surface area contributed by atoms with Crippen LogP contribution in [-0.4, -0.2) is 33.3 Å². The first-order valence-electron chi connectivity index (χ1n) is 9.22. The summed E-state index contributed by atoms with van der Waals surface area (Å²) in [6.07, 6.45) is 6.70. The van der Waals surface area contributed by atoms with Gasteiger partial charge in [-0.2, -0.15) is 0 Å². The first-order valence-corrected chi connectivity index (χ1v) is 9.22. The van der Waals surface area contributed by atoms with E-state index in [1.165, 1.54) is 18.4 Å². The number of hydrogen-bond acceptors (Lipinski definition) is 3. The van der Waals surface area contributed by atoms with Crippen molar-refractivity contribution in [3.8, 4) is 0 Å². The summed E-state index contributed by atoms with van der Waals surface area (Å²) < 4.78 is 1.97. The molecule has 0 unspecified atom stereocenters. The van der Waals surface area contributed by atoms with Gasteiger partial charge in [0.15, 0.2) is 0 Å². The van der Waals surface area contributed by atoms with E-state index in [9.17, 15) is 4.79 Å². The number of carbonyl (C=O) groups excluding carboxylic acids is 1. The lowest BCUT2D eigenvalue weighted by Crippen LogP contribution is -2.21. The summed E-state index contributed by atoms with van der Waals surface area (Å²) in [4.78, 5) is 19.6. The smallest absolute Gasteiger partial charge is 0.230 e. The molecule has 5 nitrogen and oxygen atoms in total. The van der Waals surface area contributed by atoms with E-state index in [0.29, 0.717) is 0 Å². The van der Waals surface area contributed by atoms with Gasteiger partial charge in [0, 0.05) is 24.6 Å². The summed E-state index contributed by atoms with van der Waals surface area (Å²) in [7, 11) is 0. The third kappa shape index (κ3) is 3.63. The van der Waals surface area contributed by atoms with Crippen molar-refractivity contribution in [3.63, 3.8) is 0 Å². The molecule has 1 amide bonds. The fourth-order valence-electron chi connectivity index (χ4n) is 3.61. The van der Waals surface area contributed by atoms with Crippen molar-refractivity contribution in [1.29, 1.82) is 0 Å². The van der Waals surface area contributed by atoms with E-state index in [4.69, 9.17) is 0 Å². The Morgan fingerprint density at radius 2 is 1.96 bits per heavy atom. The van der Waals surface area contributed by atoms with Gasteiger partial charge in [0.25, 0.3) is 0 Å². The van der Waals surface area contributed by atoms with Gasteiger partial charge in [0.05, 0.1) is 12.1 Å². The Balaban J connectivity index is 1.46. The van der Waals surface area contributed by atoms with E-state index in [2.05, 4.69) is 21.3 Å². The second-order valence-electron chi connectivity index (χ2n) is 7.02. The number of para-hydroxylation sites is 1. The maximum atomic E-state index is 12.6. The van der Waals surface area contributed by atoms with Crippen molar-refractivity contribution in [3.05, 3.63) is 65.6 Å². The molecule has 1 aliphatic rings. The lowest BCUT2D eigenvalue weighted by atomic mass is 10.1. The fourth-order valence-corrected chi connectivity index (χ4v) is 3.61. The Morgan fingerprint density at radius 3 is 2.77 bits per heavy atom. The molecule has 0 bridgehead atoms. The van der Waals surface area contributed by atoms with E-state index >= 15 is 0 Å². The van der Waals surface area contributed by atoms with Gasteiger partial charge in [-0.3, -0.25) is 9.69 Å². The Kier molecular flexibility index (Phi) is 4.71. The van der Waals surface area contributed by atoms with Crippen LogP contribution in [0.1, 0.15) is 29.7 Å². The molecule has 1 fully saturated rings. The molecule has 1 saturated heterocycles. The number of imidazole rings is 1. The number of carbonyl (C=O) groups is 1. The zero-order valence-electron chi connectivity index (χ0n) is 15.1. The normalized spacial score (nSPS) is 14.8. The van der Waals surface area contributed by atoms with Crippen LogP contribution >= 0.6 is 0 Å². The molecule has 1 aromatic carbocycles. The lowest BCUT2D eigenvalue weighted by molar-refractivity contribution is -0.115. The van der Waals surface area contributed by atoms with Gasteiger partial charge >= 0.3 is 0 Å². The molecule has 134 valence electrons. The lowest BCUT2D eigenvalue weighted by Gasteiger charge is -2.17. The van der Waals surface area contributed by atoms with E-state index in [0.717, 1.165) is 42.2 Å². The van der Waals surface area contributed by atoms with Crippen molar-refractivity contribution in [2.45, 2.75) is 32.7 Å². The Morgan fingerprint density at radius 1 is 1.15 bits per heavy atom. The topological polar surface area (TPSA) is 49.6 Å². The summed E-state index contributed by atoms with van der Waals surface area (Å²) >= 11 is 0. The zero-order chi connectivity index (χ0) is 17.9. The second-order valence-corrected chi connectivity index (χ2v) is 7.02. The predicted octanol–water partition coefficient (Wildman–Crippen LogP) is 3.42. The number of rotatable bonds is 5. The highest BCUT2D eigenvalue weighted by molar-refractivity contribution is 5.92. The molecule has 2 aromatic heterocycles. The number of nitrogens with zero attached hydrogens (tertiary/aromatic N) is 3. The largest absolute Gasteiger partial charge is 0.325 e. The molecule has 0 spiro atoms. The van der Waals surface area contributed by atoms with Crippen LogP contribution in [0.5, 0.6) is 0 Å². The molecule has 0 radical (unpaired) electrons. The predicted molar refractivity (Wildman–Crippen MR) is 103 cm³/mol. The van der Waals surface area contributed by atoms with E-state index in [1.54, 1.807) is 0 Å². The number of pyridine rings is 1. The van der Waals surface area contributed by atoms with Crippen molar-refractivity contribution >= 4 is 17.2 Å². The number of aromatic nitrogens is 2. The third-order valence-corrected chi connectivity index (χ3v) is 4.95. The second kappa shape index (κ2) is 7.30. The van der Waals surface area contributed by atoms with Gasteiger partial charge in [0.2, 0.25) is 5.91 Å². The molecule has 0 aliphatic carbocycles. The minimum atomic E-state index is -0.0278. The van der Waals surface area contributed by atoms with Crippen LogP contribution < -0.4 is 5.32 Å². The van der Waals surface area contributed by atoms with Gasteiger partial charge in [-0.25, -0.2) is 4.98 Å². The highest BCUT2D eigenvalue weighted by atomic mass is 16.1. The monoisotopic (exact) mass is 348 g/mol. The van der Waals surface area contributed by atoms with E-state index in [-0.39, 0.29) is 12.3 Å². The molecule has 1 N–H and O–H groups in total. The van der Waals surface area contributed by atoms with Crippen LogP contribution in [0.25, 0.3) is 5.65 Å². The van der Waals surface area contributed by atoms with E-state index in [1.807, 2.05) is 54.0 Å². The molecule has 26 heavy (non-hydrogen) atoms. The van der Waals surface area contributed by atoms with Gasteiger partial charge in [-0.05, 0) is 56.1 Å². The number of anilines is 1. The van der Waals surface area contributed by atoms with Crippen LogP contribution in [0.3, 0.4) is 0 Å². The van der Waals surface area contributed by atoms with Crippen LogP contribution in [0.2, 0.25) is 0 Å². The van der Waals surface area contributed by atoms with Crippen LogP contribution in [0.4, 0.5) is 5.69 Å². The van der Waals surface area contributed by atoms with Gasteiger partial charge in [-0.1, -0.05) is 24.3 Å². The van der Waals surface area contributed by atoms with Gasteiger partial charge < -0.3 is 9.72 Å². The molecule has 3 aromatic rings. The van der Waals surface area contributed by atoms with Gasteiger partial charge in [-0.15, -0.1) is 0 Å². The van der Waals surface area contributed by atoms with E-state index < -0.39 is 0 Å². The molecule has 5 heteroatoms. The number of amides is 1. The summed E-state index contributed by atoms with van der Waals surface area (Å²) in [5, 5.41) is 3.08. The van der Waals surface area contributed by atoms with Crippen LogP contribution in [0, 0.1) is 6.92 Å². The summed E-state index contributed by atoms with van der Waals surface area (Å²) in [5.41, 5.74) is 4.88. The Bertz CT molecular complexity index is 925. The molecule has 3 heterocycles. The quantitative estimate of drug-likeness (QED) is 0.769. The first kappa shape index (κ1) is 16.8. The SMILES string of the molecule is Cc1cccn2cc(CC(=O)Nc3ccccc3CN3CCCC3)nc12. The molecular formula is C21H24N4O. The number of aryl methyl sites for hydroxylation is 1. The minimum absolute atomic E-state index is 0.0278. The third-order valence-electron chi connectivity index (χ3n) is 4.95. The van der Waals surface area contributed by atoms with Crippen molar-refractivity contribution in [2.24, 2.45) is 0 Å². The summed E-state index contributed by atoms with van der Waals surface area (Å²) in [6, 6.07) is 12.1. The van der Waals surface area contributed by atoms with Crippen molar-refractivity contribution in [2.75, 3.05) is 18.4 Å². The maximum absolute atomic E-state index is 12.6. The molecule has 0 saturated carbocycles. The summed E-state index contributed by atoms with van der Waals surface area (Å²) in [5.74, 6) is -0.0278. The summed E-state index contributed by atoms with van der Waals surface area (Å²) in [6.45, 7) is 5.20. The Hall–Kier alpha value is -2.66. The number of benzene rings is 1. The molecular weight excluding hydrogens is 324 g/mol. The highest BCUT2D eigenvalue weighted by Crippen LogP contribution is 2.20. The average molecular weight is 348 g/mol. The minimum Gasteiger partial charge on any atom is -0.325 e. The number of hydrogen-bond donors (Lipinski definition) is 1. The maximum Gasteiger partial charge on any atom is 0.230 e. The number of nitrogens with one attached hydrogen (secondary N) is 1. The Labute approximate surface area is 153 Å². The standard InChI is InChI=1S/C21H24N4O/c1-16-7-6-12-25-15-18(22-21(16)25)13-20(26)23-19-9-3-2-8-17(19)14-24-10-4-5-11-24/h2-3,6-9,12,15H,4-5,10-11,13-14H2,1H3,(H,23,26). The fraction of sp³-hybridized carbons (Fsp3) is 0.333. The van der Waals surface area contributed by atoms with Crippen LogP contribution in [-0.2, 0) is 17.8 Å². The van der Waals surface area contributed by atoms with Crippen LogP contribution in [0.15, 0.2) is 48.8 Å². The molecule has 1 aliphatic heterocycles. The molecule has 4 rings (SSSR count). The van der Waals surface area contributed by atoms with Gasteiger partial charge in [0.1, 0.15) is 5.65 Å².